The van der Waals surface area contributed by atoms with Crippen LogP contribution in [-0.4, -0.2) is 46.2 Å². The Labute approximate surface area is 206 Å². The van der Waals surface area contributed by atoms with Gasteiger partial charge in [0.2, 0.25) is 17.7 Å². The molecule has 2 aliphatic heterocycles. The van der Waals surface area contributed by atoms with Crippen LogP contribution in [0.25, 0.3) is 11.3 Å². The molecule has 0 aliphatic carbocycles. The molecule has 3 heterocycles. The number of nitriles is 1. The molecule has 0 radical (unpaired) electrons. The topological polar surface area (TPSA) is 152 Å². The number of unbranched alkanes of at least 4 members (excludes halogenated alkanes) is 1. The molecule has 3 N–H and O–H groups in total. The van der Waals surface area contributed by atoms with Crippen molar-refractivity contribution in [2.24, 2.45) is 5.92 Å². The number of para-hydroxylation sites is 1. The third kappa shape index (κ3) is 3.32. The molecule has 3 aromatic rings. The van der Waals surface area contributed by atoms with E-state index in [0.29, 0.717) is 40.4 Å². The van der Waals surface area contributed by atoms with Gasteiger partial charge in [0.1, 0.15) is 23.6 Å². The summed E-state index contributed by atoms with van der Waals surface area (Å²) in [4.78, 5) is 26.9. The lowest BCUT2D eigenvalue weighted by atomic mass is 9.65. The number of anilines is 1. The van der Waals surface area contributed by atoms with Crippen molar-refractivity contribution in [1.29, 1.82) is 10.7 Å². The van der Waals surface area contributed by atoms with Crippen LogP contribution in [0.3, 0.4) is 0 Å². The minimum atomic E-state index is -1.70. The summed E-state index contributed by atoms with van der Waals surface area (Å²) in [5.74, 6) is -2.87. The number of aliphatic carboxylic acids is 1. The second-order valence-electron chi connectivity index (χ2n) is 8.64. The number of ether oxygens (including phenoxy) is 2. The first-order valence-electron chi connectivity index (χ1n) is 11.5. The minimum absolute atomic E-state index is 0.00472. The highest BCUT2D eigenvalue weighted by atomic mass is 16.5. The lowest BCUT2D eigenvalue weighted by molar-refractivity contribution is -0.137. The van der Waals surface area contributed by atoms with Crippen molar-refractivity contribution in [2.45, 2.75) is 25.2 Å². The molecule has 5 rings (SSSR count). The molecule has 1 aromatic heterocycles. The number of benzene rings is 2. The number of hydrogen-bond acceptors (Lipinski definition) is 7. The first-order chi connectivity index (χ1) is 17.4. The van der Waals surface area contributed by atoms with Gasteiger partial charge in [0.15, 0.2) is 0 Å². The fourth-order valence-electron chi connectivity index (χ4n) is 4.98. The molecule has 1 spiro atoms. The Hall–Kier alpha value is -4.65. The molecule has 2 atom stereocenters. The van der Waals surface area contributed by atoms with E-state index < -0.39 is 35.7 Å². The highest BCUT2D eigenvalue weighted by Crippen LogP contribution is 2.57. The number of aromatic amines is 1. The monoisotopic (exact) mass is 485 g/mol. The number of carbonyl (C=O) groups is 2. The molecule has 36 heavy (non-hydrogen) atoms. The number of carboxylic acid groups (broad SMARTS) is 1. The van der Waals surface area contributed by atoms with Crippen molar-refractivity contribution in [3.05, 3.63) is 59.7 Å². The molecule has 1 amide bonds. The van der Waals surface area contributed by atoms with Gasteiger partial charge < -0.3 is 14.6 Å². The van der Waals surface area contributed by atoms with Crippen molar-refractivity contribution < 1.29 is 24.2 Å². The Bertz CT molecular complexity index is 1410. The average Bonchev–Trinajstić information content (AvgIpc) is 3.39. The summed E-state index contributed by atoms with van der Waals surface area (Å²) in [6.07, 6.45) is 1.95. The summed E-state index contributed by atoms with van der Waals surface area (Å²) in [7, 11) is 0. The molecule has 182 valence electrons. The number of aromatic nitrogens is 2. The van der Waals surface area contributed by atoms with E-state index in [4.69, 9.17) is 14.9 Å². The smallest absolute Gasteiger partial charge is 0.323 e. The van der Waals surface area contributed by atoms with Crippen LogP contribution >= 0.6 is 0 Å². The number of fused-ring (bicyclic) bond motifs is 4. The Balaban J connectivity index is 1.70. The third-order valence-electron chi connectivity index (χ3n) is 6.56. The Morgan fingerprint density at radius 1 is 1.31 bits per heavy atom. The highest BCUT2D eigenvalue weighted by Gasteiger charge is 2.64. The second-order valence-corrected chi connectivity index (χ2v) is 8.64. The number of carbonyl (C=O) groups excluding carboxylic acids is 1. The van der Waals surface area contributed by atoms with E-state index in [1.807, 2.05) is 12.1 Å². The van der Waals surface area contributed by atoms with Crippen LogP contribution in [0.15, 0.2) is 48.5 Å². The SMILES string of the molecule is CCCCOc1ccc(-c2[nH]nc3c2C2(C(=O)N(CC(=O)O)c4ccccc42)C(C#N)C(=N)O3)cc1. The molecule has 0 saturated heterocycles. The number of hydrogen-bond donors (Lipinski definition) is 3. The maximum Gasteiger partial charge on any atom is 0.323 e. The maximum absolute atomic E-state index is 14.1. The fraction of sp³-hybridized carbons (Fsp3) is 0.269. The number of rotatable bonds is 7. The molecule has 2 aromatic carbocycles. The van der Waals surface area contributed by atoms with E-state index in [1.165, 1.54) is 0 Å². The minimum Gasteiger partial charge on any atom is -0.494 e. The summed E-state index contributed by atoms with van der Waals surface area (Å²) < 4.78 is 11.3. The summed E-state index contributed by atoms with van der Waals surface area (Å²) in [6, 6.07) is 16.0. The van der Waals surface area contributed by atoms with Crippen molar-refractivity contribution >= 4 is 23.5 Å². The number of amides is 1. The molecular weight excluding hydrogens is 462 g/mol. The van der Waals surface area contributed by atoms with Gasteiger partial charge in [0.05, 0.1) is 23.9 Å². The van der Waals surface area contributed by atoms with Crippen LogP contribution in [0, 0.1) is 22.7 Å². The highest BCUT2D eigenvalue weighted by molar-refractivity contribution is 6.16. The van der Waals surface area contributed by atoms with Gasteiger partial charge in [-0.1, -0.05) is 31.5 Å². The molecule has 0 bridgehead atoms. The quantitative estimate of drug-likeness (QED) is 0.433. The summed E-state index contributed by atoms with van der Waals surface area (Å²) in [6.45, 7) is 2.10. The van der Waals surface area contributed by atoms with E-state index in [-0.39, 0.29) is 5.88 Å². The van der Waals surface area contributed by atoms with E-state index in [1.54, 1.807) is 36.4 Å². The van der Waals surface area contributed by atoms with Crippen molar-refractivity contribution in [3.63, 3.8) is 0 Å². The summed E-state index contributed by atoms with van der Waals surface area (Å²) >= 11 is 0. The number of nitrogens with one attached hydrogen (secondary N) is 2. The Morgan fingerprint density at radius 2 is 2.06 bits per heavy atom. The summed E-state index contributed by atoms with van der Waals surface area (Å²) in [5, 5.41) is 35.2. The van der Waals surface area contributed by atoms with E-state index >= 15 is 0 Å². The van der Waals surface area contributed by atoms with Crippen LogP contribution in [0.4, 0.5) is 5.69 Å². The van der Waals surface area contributed by atoms with Gasteiger partial charge in [-0.05, 0) is 42.3 Å². The maximum atomic E-state index is 14.1. The fourth-order valence-corrected chi connectivity index (χ4v) is 4.98. The standard InChI is InChI=1S/C26H23N5O5/c1-2-3-12-35-16-10-8-15(9-11-16)22-21-24(30-29-22)36-23(28)18(13-27)26(21)17-6-4-5-7-19(17)31(25(26)34)14-20(32)33/h4-11,18,28H,2-3,12,14H2,1H3,(H,29,30)(H,32,33). The predicted octanol–water partition coefficient (Wildman–Crippen LogP) is 3.48. The molecule has 10 heteroatoms. The third-order valence-corrected chi connectivity index (χ3v) is 6.56. The zero-order valence-corrected chi connectivity index (χ0v) is 19.4. The van der Waals surface area contributed by atoms with Gasteiger partial charge in [0.25, 0.3) is 0 Å². The second kappa shape index (κ2) is 8.85. The first kappa shape index (κ1) is 23.1. The van der Waals surface area contributed by atoms with Gasteiger partial charge in [0, 0.05) is 11.3 Å². The van der Waals surface area contributed by atoms with Gasteiger partial charge in [-0.2, -0.15) is 5.26 Å². The van der Waals surface area contributed by atoms with Crippen molar-refractivity contribution in [3.8, 4) is 29.0 Å². The van der Waals surface area contributed by atoms with Crippen LogP contribution in [0.2, 0.25) is 0 Å². The van der Waals surface area contributed by atoms with Crippen LogP contribution in [0.1, 0.15) is 30.9 Å². The van der Waals surface area contributed by atoms with Gasteiger partial charge >= 0.3 is 5.97 Å². The number of nitrogens with zero attached hydrogens (tertiary/aromatic N) is 3. The van der Waals surface area contributed by atoms with Gasteiger partial charge in [-0.15, -0.1) is 5.10 Å². The van der Waals surface area contributed by atoms with Crippen LogP contribution in [0.5, 0.6) is 11.6 Å². The van der Waals surface area contributed by atoms with E-state index in [2.05, 4.69) is 23.2 Å². The van der Waals surface area contributed by atoms with Gasteiger partial charge in [-0.3, -0.25) is 25.0 Å². The van der Waals surface area contributed by atoms with Crippen molar-refractivity contribution in [2.75, 3.05) is 18.1 Å². The molecular formula is C26H23N5O5. The van der Waals surface area contributed by atoms with Crippen LogP contribution < -0.4 is 14.4 Å². The first-order valence-corrected chi connectivity index (χ1v) is 11.5. The Kier molecular flexibility index (Phi) is 5.68. The Morgan fingerprint density at radius 3 is 2.75 bits per heavy atom. The zero-order chi connectivity index (χ0) is 25.4. The van der Waals surface area contributed by atoms with Gasteiger partial charge in [-0.25, -0.2) is 0 Å². The lowest BCUT2D eigenvalue weighted by Crippen LogP contribution is -2.53. The normalized spacial score (nSPS) is 20.0. The van der Waals surface area contributed by atoms with E-state index in [0.717, 1.165) is 17.7 Å². The van der Waals surface area contributed by atoms with Crippen LogP contribution in [-0.2, 0) is 15.0 Å². The number of H-pyrrole nitrogens is 1. The van der Waals surface area contributed by atoms with Crippen molar-refractivity contribution in [1.82, 2.24) is 10.2 Å². The number of carboxylic acids is 1. The molecule has 2 unspecified atom stereocenters. The predicted molar refractivity (Wildman–Crippen MR) is 129 cm³/mol. The largest absolute Gasteiger partial charge is 0.494 e. The lowest BCUT2D eigenvalue weighted by Gasteiger charge is -2.36. The molecule has 10 nitrogen and oxygen atoms in total. The zero-order valence-electron chi connectivity index (χ0n) is 19.4. The van der Waals surface area contributed by atoms with E-state index in [9.17, 15) is 20.0 Å². The average molecular weight is 486 g/mol. The summed E-state index contributed by atoms with van der Waals surface area (Å²) in [5.41, 5.74) is 0.510. The molecule has 2 aliphatic rings. The molecule has 0 saturated carbocycles. The molecule has 0 fully saturated rings.